The Balaban J connectivity index is 1.40. The third kappa shape index (κ3) is 5.41. The van der Waals surface area contributed by atoms with Gasteiger partial charge in [0, 0.05) is 24.1 Å². The van der Waals surface area contributed by atoms with Crippen molar-refractivity contribution in [1.82, 2.24) is 5.32 Å². The number of amides is 2. The normalized spacial score (nSPS) is 19.1. The van der Waals surface area contributed by atoms with Crippen molar-refractivity contribution >= 4 is 17.5 Å². The van der Waals surface area contributed by atoms with Gasteiger partial charge in [0.1, 0.15) is 5.82 Å². The lowest BCUT2D eigenvalue weighted by molar-refractivity contribution is -0.128. The van der Waals surface area contributed by atoms with E-state index in [2.05, 4.69) is 10.6 Å². The molecule has 4 nitrogen and oxygen atoms in total. The van der Waals surface area contributed by atoms with Gasteiger partial charge in [-0.15, -0.1) is 0 Å². The summed E-state index contributed by atoms with van der Waals surface area (Å²) >= 11 is 0. The predicted molar refractivity (Wildman–Crippen MR) is 108 cm³/mol. The Morgan fingerprint density at radius 2 is 1.54 bits per heavy atom. The summed E-state index contributed by atoms with van der Waals surface area (Å²) in [7, 11) is 0. The number of benzene rings is 2. The molecule has 2 N–H and O–H groups in total. The predicted octanol–water partition coefficient (Wildman–Crippen LogP) is 4.24. The molecule has 2 amide bonds. The molecule has 0 radical (unpaired) electrons. The van der Waals surface area contributed by atoms with Crippen molar-refractivity contribution in [3.8, 4) is 0 Å². The average Bonchev–Trinajstić information content (AvgIpc) is 2.71. The fourth-order valence-corrected chi connectivity index (χ4v) is 3.69. The van der Waals surface area contributed by atoms with E-state index < -0.39 is 0 Å². The number of hydrogen-bond acceptors (Lipinski definition) is 2. The van der Waals surface area contributed by atoms with E-state index in [1.54, 1.807) is 12.1 Å². The third-order valence-corrected chi connectivity index (χ3v) is 5.50. The number of halogens is 1. The van der Waals surface area contributed by atoms with Gasteiger partial charge in [-0.2, -0.15) is 0 Å². The Morgan fingerprint density at radius 1 is 0.929 bits per heavy atom. The molecule has 0 heterocycles. The summed E-state index contributed by atoms with van der Waals surface area (Å²) < 4.78 is 12.9. The first-order chi connectivity index (χ1) is 13.5. The highest BCUT2D eigenvalue weighted by Crippen LogP contribution is 2.30. The number of anilines is 1. The number of para-hydroxylation sites is 1. The van der Waals surface area contributed by atoms with Crippen molar-refractivity contribution in [2.24, 2.45) is 11.8 Å². The Morgan fingerprint density at radius 3 is 2.18 bits per heavy atom. The Bertz CT molecular complexity index is 812. The molecule has 3 rings (SSSR count). The summed E-state index contributed by atoms with van der Waals surface area (Å²) in [6, 6.07) is 14.1. The quantitative estimate of drug-likeness (QED) is 0.785. The Labute approximate surface area is 165 Å². The minimum absolute atomic E-state index is 0.0317. The van der Waals surface area contributed by atoms with Gasteiger partial charge < -0.3 is 10.6 Å². The Hall–Kier alpha value is -2.69. The molecule has 0 unspecified atom stereocenters. The summed E-state index contributed by atoms with van der Waals surface area (Å²) in [6.45, 7) is 2.51. The van der Waals surface area contributed by atoms with E-state index >= 15 is 0 Å². The lowest BCUT2D eigenvalue weighted by atomic mass is 9.81. The zero-order chi connectivity index (χ0) is 19.9. The monoisotopic (exact) mass is 382 g/mol. The van der Waals surface area contributed by atoms with Crippen molar-refractivity contribution in [3.63, 3.8) is 0 Å². The second-order valence-electron chi connectivity index (χ2n) is 7.52. The molecular weight excluding hydrogens is 355 g/mol. The number of nitrogens with one attached hydrogen (secondary N) is 2. The molecule has 148 valence electrons. The van der Waals surface area contributed by atoms with Crippen LogP contribution in [0, 0.1) is 24.6 Å². The summed E-state index contributed by atoms with van der Waals surface area (Å²) in [5.41, 5.74) is 2.90. The molecule has 2 aromatic carbocycles. The molecule has 1 saturated carbocycles. The average molecular weight is 382 g/mol. The lowest BCUT2D eigenvalue weighted by Crippen LogP contribution is -2.36. The third-order valence-electron chi connectivity index (χ3n) is 5.50. The lowest BCUT2D eigenvalue weighted by Gasteiger charge is -2.27. The van der Waals surface area contributed by atoms with Crippen LogP contribution < -0.4 is 10.6 Å². The zero-order valence-corrected chi connectivity index (χ0v) is 16.2. The van der Waals surface area contributed by atoms with Crippen LogP contribution >= 0.6 is 0 Å². The van der Waals surface area contributed by atoms with Gasteiger partial charge in [-0.25, -0.2) is 4.39 Å². The van der Waals surface area contributed by atoms with Gasteiger partial charge in [0.25, 0.3) is 0 Å². The zero-order valence-electron chi connectivity index (χ0n) is 16.2. The number of carbonyl (C=O) groups is 2. The van der Waals surface area contributed by atoms with Gasteiger partial charge in [0.15, 0.2) is 0 Å². The van der Waals surface area contributed by atoms with Crippen LogP contribution in [0.25, 0.3) is 0 Å². The molecule has 2 aromatic rings. The van der Waals surface area contributed by atoms with E-state index in [1.165, 1.54) is 12.1 Å². The van der Waals surface area contributed by atoms with E-state index in [1.807, 2.05) is 31.2 Å². The van der Waals surface area contributed by atoms with Crippen LogP contribution in [0.15, 0.2) is 48.5 Å². The van der Waals surface area contributed by atoms with Gasteiger partial charge in [-0.05, 0) is 68.4 Å². The summed E-state index contributed by atoms with van der Waals surface area (Å²) in [6.07, 6.45) is 3.60. The first kappa shape index (κ1) is 20.1. The van der Waals surface area contributed by atoms with Crippen LogP contribution in [0.5, 0.6) is 0 Å². The van der Waals surface area contributed by atoms with Gasteiger partial charge in [0.05, 0.1) is 0 Å². The molecule has 0 bridgehead atoms. The number of carbonyl (C=O) groups excluding carboxylic acids is 2. The first-order valence-electron chi connectivity index (χ1n) is 9.91. The van der Waals surface area contributed by atoms with Crippen molar-refractivity contribution in [1.29, 1.82) is 0 Å². The maximum atomic E-state index is 12.9. The highest BCUT2D eigenvalue weighted by molar-refractivity contribution is 5.93. The summed E-state index contributed by atoms with van der Waals surface area (Å²) in [5, 5.41) is 5.99. The fourth-order valence-electron chi connectivity index (χ4n) is 3.69. The maximum absolute atomic E-state index is 12.9. The number of rotatable bonds is 6. The maximum Gasteiger partial charge on any atom is 0.227 e. The molecule has 1 aliphatic rings. The fraction of sp³-hybridized carbons (Fsp3) is 0.391. The molecule has 28 heavy (non-hydrogen) atoms. The largest absolute Gasteiger partial charge is 0.356 e. The van der Waals surface area contributed by atoms with Crippen LogP contribution in [0.3, 0.4) is 0 Å². The van der Waals surface area contributed by atoms with Gasteiger partial charge >= 0.3 is 0 Å². The SMILES string of the molecule is Cc1ccccc1NC(=O)C1CCC(C(=O)NCCc2ccc(F)cc2)CC1. The smallest absolute Gasteiger partial charge is 0.227 e. The highest BCUT2D eigenvalue weighted by Gasteiger charge is 2.29. The molecule has 1 aliphatic carbocycles. The van der Waals surface area contributed by atoms with Gasteiger partial charge in [-0.1, -0.05) is 30.3 Å². The molecule has 1 fully saturated rings. The topological polar surface area (TPSA) is 58.2 Å². The molecule has 0 saturated heterocycles. The van der Waals surface area contributed by atoms with E-state index in [0.29, 0.717) is 13.0 Å². The van der Waals surface area contributed by atoms with Crippen molar-refractivity contribution in [2.75, 3.05) is 11.9 Å². The van der Waals surface area contributed by atoms with Crippen LogP contribution in [-0.2, 0) is 16.0 Å². The first-order valence-corrected chi connectivity index (χ1v) is 9.91. The van der Waals surface area contributed by atoms with Crippen LogP contribution in [0.4, 0.5) is 10.1 Å². The molecule has 0 aliphatic heterocycles. The molecule has 0 aromatic heterocycles. The minimum Gasteiger partial charge on any atom is -0.356 e. The Kier molecular flexibility index (Phi) is 6.80. The van der Waals surface area contributed by atoms with Crippen molar-refractivity contribution in [2.45, 2.75) is 39.0 Å². The summed E-state index contributed by atoms with van der Waals surface area (Å²) in [5.74, 6) is -0.223. The molecular formula is C23H27FN2O2. The molecule has 0 spiro atoms. The molecule has 0 atom stereocenters. The highest BCUT2D eigenvalue weighted by atomic mass is 19.1. The van der Waals surface area contributed by atoms with Crippen LogP contribution in [0.2, 0.25) is 0 Å². The van der Waals surface area contributed by atoms with E-state index in [-0.39, 0.29) is 29.5 Å². The van der Waals surface area contributed by atoms with E-state index in [4.69, 9.17) is 0 Å². The second kappa shape index (κ2) is 9.49. The van der Waals surface area contributed by atoms with E-state index in [0.717, 1.165) is 42.5 Å². The summed E-state index contributed by atoms with van der Waals surface area (Å²) in [4.78, 5) is 24.9. The van der Waals surface area contributed by atoms with E-state index in [9.17, 15) is 14.0 Å². The molecule has 5 heteroatoms. The second-order valence-corrected chi connectivity index (χ2v) is 7.52. The minimum atomic E-state index is -0.254. The van der Waals surface area contributed by atoms with Crippen molar-refractivity contribution in [3.05, 3.63) is 65.5 Å². The number of aryl methyl sites for hydroxylation is 1. The van der Waals surface area contributed by atoms with Gasteiger partial charge in [0.2, 0.25) is 11.8 Å². The van der Waals surface area contributed by atoms with Crippen molar-refractivity contribution < 1.29 is 14.0 Å². The number of hydrogen-bond donors (Lipinski definition) is 2. The van der Waals surface area contributed by atoms with Gasteiger partial charge in [-0.3, -0.25) is 9.59 Å². The standard InChI is InChI=1S/C23H27FN2O2/c1-16-4-2-3-5-21(16)26-23(28)19-10-8-18(9-11-19)22(27)25-15-14-17-6-12-20(24)13-7-17/h2-7,12-13,18-19H,8-11,14-15H2,1H3,(H,25,27)(H,26,28). The van der Waals surface area contributed by atoms with Crippen LogP contribution in [-0.4, -0.2) is 18.4 Å². The van der Waals surface area contributed by atoms with Crippen LogP contribution in [0.1, 0.15) is 36.8 Å².